The molecule has 0 bridgehead atoms. The Bertz CT molecular complexity index is 1280. The summed E-state index contributed by atoms with van der Waals surface area (Å²) in [4.78, 5) is 31.5. The zero-order valence-corrected chi connectivity index (χ0v) is 18.5. The maximum atomic E-state index is 12.9. The summed E-state index contributed by atoms with van der Waals surface area (Å²) in [6, 6.07) is 4.34. The molecule has 1 aliphatic carbocycles. The van der Waals surface area contributed by atoms with Crippen LogP contribution in [0.3, 0.4) is 0 Å². The monoisotopic (exact) mass is 447 g/mol. The van der Waals surface area contributed by atoms with E-state index >= 15 is 0 Å². The Kier molecular flexibility index (Phi) is 5.82. The lowest BCUT2D eigenvalue weighted by Gasteiger charge is -2.13. The molecule has 0 saturated heterocycles. The summed E-state index contributed by atoms with van der Waals surface area (Å²) >= 11 is 0. The number of hydrogen-bond donors (Lipinski definition) is 2. The molecule has 1 aromatic carbocycles. The molecule has 2 N–H and O–H groups in total. The molecule has 1 fully saturated rings. The van der Waals surface area contributed by atoms with E-state index in [4.69, 9.17) is 9.72 Å². The van der Waals surface area contributed by atoms with Gasteiger partial charge < -0.3 is 4.74 Å². The summed E-state index contributed by atoms with van der Waals surface area (Å²) in [5, 5.41) is 0. The zero-order valence-electron chi connectivity index (χ0n) is 17.6. The van der Waals surface area contributed by atoms with Crippen molar-refractivity contribution in [3.8, 4) is 17.1 Å². The zero-order chi connectivity index (χ0) is 22.2. The minimum absolute atomic E-state index is 0.0453. The van der Waals surface area contributed by atoms with Crippen LogP contribution in [0.2, 0.25) is 0 Å². The number of H-pyrrole nitrogens is 1. The second kappa shape index (κ2) is 8.40. The van der Waals surface area contributed by atoms with Gasteiger partial charge in [-0.05, 0) is 44.9 Å². The van der Waals surface area contributed by atoms with Crippen molar-refractivity contribution in [3.63, 3.8) is 0 Å². The van der Waals surface area contributed by atoms with E-state index in [0.717, 1.165) is 31.4 Å². The Balaban J connectivity index is 1.93. The lowest BCUT2D eigenvalue weighted by molar-refractivity contribution is 0.153. The molecule has 4 rings (SSSR count). The molecule has 0 unspecified atom stereocenters. The number of nitrogens with zero attached hydrogens (tertiary/aromatic N) is 3. The number of ether oxygens (including phenoxy) is 1. The number of rotatable bonds is 7. The van der Waals surface area contributed by atoms with E-state index in [1.54, 1.807) is 6.92 Å². The summed E-state index contributed by atoms with van der Waals surface area (Å²) in [7, 11) is -2.69. The molecule has 2 heterocycles. The van der Waals surface area contributed by atoms with Gasteiger partial charge in [0, 0.05) is 5.92 Å². The molecular weight excluding hydrogens is 422 g/mol. The van der Waals surface area contributed by atoms with Crippen molar-refractivity contribution in [3.05, 3.63) is 40.2 Å². The van der Waals surface area contributed by atoms with Crippen molar-refractivity contribution in [2.75, 3.05) is 13.7 Å². The average Bonchev–Trinajstić information content (AvgIpc) is 3.36. The van der Waals surface area contributed by atoms with Gasteiger partial charge in [-0.1, -0.05) is 17.7 Å². The van der Waals surface area contributed by atoms with Gasteiger partial charge in [-0.25, -0.2) is 27.6 Å². The smallest absolute Gasteiger partial charge is 0.334 e. The number of sulfonamides is 1. The van der Waals surface area contributed by atoms with Gasteiger partial charge in [0.1, 0.15) is 17.4 Å². The molecule has 0 spiro atoms. The van der Waals surface area contributed by atoms with E-state index in [9.17, 15) is 13.2 Å². The average molecular weight is 448 g/mol. The van der Waals surface area contributed by atoms with Gasteiger partial charge in [0.2, 0.25) is 0 Å². The minimum atomic E-state index is -3.91. The van der Waals surface area contributed by atoms with E-state index in [-0.39, 0.29) is 22.3 Å². The van der Waals surface area contributed by atoms with Crippen molar-refractivity contribution < 1.29 is 18.0 Å². The molecule has 1 aliphatic rings. The van der Waals surface area contributed by atoms with Crippen LogP contribution < -0.4 is 15.3 Å². The maximum Gasteiger partial charge on any atom is 0.334 e. The first-order chi connectivity index (χ1) is 14.9. The fourth-order valence-corrected chi connectivity index (χ4v) is 4.92. The summed E-state index contributed by atoms with van der Waals surface area (Å²) in [6.07, 6.45) is 4.27. The first kappa shape index (κ1) is 21.5. The van der Waals surface area contributed by atoms with Crippen LogP contribution in [-0.4, -0.2) is 41.5 Å². The van der Waals surface area contributed by atoms with Gasteiger partial charge in [-0.2, -0.15) is 0 Å². The number of aromatic amines is 1. The number of nitrogens with one attached hydrogen (secondary N) is 2. The molecule has 2 aromatic heterocycles. The third-order valence-electron chi connectivity index (χ3n) is 5.44. The summed E-state index contributed by atoms with van der Waals surface area (Å²) in [6.45, 7) is 3.96. The van der Waals surface area contributed by atoms with E-state index in [1.807, 2.05) is 11.8 Å². The van der Waals surface area contributed by atoms with Crippen LogP contribution in [0, 0.1) is 6.92 Å². The SMILES string of the molecule is CCOc1ccc(S(=O)(=O)NOC)cc1-c1nc2c(C3CCCC3)nc(C)n2c(=O)[nH]1. The first-order valence-corrected chi connectivity index (χ1v) is 11.6. The largest absolute Gasteiger partial charge is 0.493 e. The van der Waals surface area contributed by atoms with Gasteiger partial charge in [0.05, 0.1) is 29.9 Å². The topological polar surface area (TPSA) is 128 Å². The second-order valence-corrected chi connectivity index (χ2v) is 9.10. The molecule has 11 heteroatoms. The highest BCUT2D eigenvalue weighted by Crippen LogP contribution is 2.36. The molecule has 3 aromatic rings. The fraction of sp³-hybridized carbons (Fsp3) is 0.450. The number of fused-ring (bicyclic) bond motifs is 1. The van der Waals surface area contributed by atoms with Crippen LogP contribution in [-0.2, 0) is 14.9 Å². The maximum absolute atomic E-state index is 12.9. The van der Waals surface area contributed by atoms with Crippen LogP contribution in [0.5, 0.6) is 5.75 Å². The molecule has 0 amide bonds. The van der Waals surface area contributed by atoms with Crippen LogP contribution in [0.15, 0.2) is 27.9 Å². The summed E-state index contributed by atoms with van der Waals surface area (Å²) in [5.74, 6) is 1.46. The van der Waals surface area contributed by atoms with Crippen LogP contribution in [0.1, 0.15) is 50.0 Å². The predicted molar refractivity (Wildman–Crippen MR) is 113 cm³/mol. The van der Waals surface area contributed by atoms with Crippen molar-refractivity contribution in [1.82, 2.24) is 24.2 Å². The normalized spacial score (nSPS) is 15.1. The molecular formula is C20H25N5O5S. The van der Waals surface area contributed by atoms with Crippen molar-refractivity contribution in [1.29, 1.82) is 0 Å². The molecule has 1 saturated carbocycles. The van der Waals surface area contributed by atoms with E-state index in [0.29, 0.717) is 29.4 Å². The number of hydrogen-bond acceptors (Lipinski definition) is 7. The number of aromatic nitrogens is 4. The molecule has 10 nitrogen and oxygen atoms in total. The third kappa shape index (κ3) is 3.95. The molecule has 166 valence electrons. The summed E-state index contributed by atoms with van der Waals surface area (Å²) < 4.78 is 32.0. The highest BCUT2D eigenvalue weighted by Gasteiger charge is 2.26. The lowest BCUT2D eigenvalue weighted by atomic mass is 10.0. The van der Waals surface area contributed by atoms with E-state index in [2.05, 4.69) is 14.8 Å². The predicted octanol–water partition coefficient (Wildman–Crippen LogP) is 2.29. The van der Waals surface area contributed by atoms with Crippen molar-refractivity contribution >= 4 is 15.7 Å². The van der Waals surface area contributed by atoms with Crippen LogP contribution in [0.25, 0.3) is 17.0 Å². The molecule has 0 aliphatic heterocycles. The van der Waals surface area contributed by atoms with Crippen LogP contribution in [0.4, 0.5) is 0 Å². The van der Waals surface area contributed by atoms with Crippen molar-refractivity contribution in [2.45, 2.75) is 50.3 Å². The quantitative estimate of drug-likeness (QED) is 0.532. The Hall–Kier alpha value is -2.76. The highest BCUT2D eigenvalue weighted by molar-refractivity contribution is 7.89. The highest BCUT2D eigenvalue weighted by atomic mass is 32.2. The number of benzene rings is 1. The van der Waals surface area contributed by atoms with Gasteiger partial charge in [0.25, 0.3) is 10.0 Å². The Morgan fingerprint density at radius 1 is 1.26 bits per heavy atom. The first-order valence-electron chi connectivity index (χ1n) is 10.2. The number of imidazole rings is 1. The van der Waals surface area contributed by atoms with Gasteiger partial charge in [-0.3, -0.25) is 9.82 Å². The fourth-order valence-electron chi connectivity index (χ4n) is 4.08. The van der Waals surface area contributed by atoms with Gasteiger partial charge in [0.15, 0.2) is 5.65 Å². The van der Waals surface area contributed by atoms with Gasteiger partial charge >= 0.3 is 5.69 Å². The Morgan fingerprint density at radius 3 is 2.68 bits per heavy atom. The third-order valence-corrected chi connectivity index (χ3v) is 6.70. The molecule has 0 atom stereocenters. The van der Waals surface area contributed by atoms with Gasteiger partial charge in [-0.15, -0.1) is 0 Å². The van der Waals surface area contributed by atoms with Crippen molar-refractivity contribution in [2.24, 2.45) is 0 Å². The van der Waals surface area contributed by atoms with E-state index in [1.165, 1.54) is 29.7 Å². The number of aryl methyl sites for hydroxylation is 1. The molecule has 0 radical (unpaired) electrons. The lowest BCUT2D eigenvalue weighted by Crippen LogP contribution is -2.22. The minimum Gasteiger partial charge on any atom is -0.493 e. The second-order valence-electron chi connectivity index (χ2n) is 7.46. The van der Waals surface area contributed by atoms with Crippen LogP contribution >= 0.6 is 0 Å². The Morgan fingerprint density at radius 2 is 2.00 bits per heavy atom. The Labute approximate surface area is 179 Å². The van der Waals surface area contributed by atoms with E-state index < -0.39 is 10.0 Å². The summed E-state index contributed by atoms with van der Waals surface area (Å²) in [5.41, 5.74) is 1.27. The molecule has 31 heavy (non-hydrogen) atoms. The standard InChI is InChI=1S/C20H25N5O5S/c1-4-30-16-10-9-14(31(27,28)24-29-3)11-15(16)18-22-19-17(13-7-5-6-8-13)21-12(2)25(19)20(26)23-18/h9-11,13,24H,4-8H2,1-3H3,(H,22,23,26).